The molecule has 0 atom stereocenters. The number of hydrogen-bond donors (Lipinski definition) is 0. The van der Waals surface area contributed by atoms with Crippen LogP contribution in [-0.4, -0.2) is 23.9 Å². The maximum atomic E-state index is 13.6. The zero-order chi connectivity index (χ0) is 14.3. The predicted molar refractivity (Wildman–Crippen MR) is 72.4 cm³/mol. The van der Waals surface area contributed by atoms with Gasteiger partial charge in [-0.1, -0.05) is 23.6 Å². The van der Waals surface area contributed by atoms with E-state index in [-0.39, 0.29) is 16.2 Å². The lowest BCUT2D eigenvalue weighted by molar-refractivity contribution is -0.109. The van der Waals surface area contributed by atoms with Gasteiger partial charge in [-0.3, -0.25) is 4.79 Å². The minimum absolute atomic E-state index is 0.0374. The minimum Gasteiger partial charge on any atom is -0.465 e. The molecule has 0 unspecified atom stereocenters. The largest absolute Gasteiger partial charge is 0.465 e. The monoisotopic (exact) mass is 280 g/mol. The molecule has 0 aliphatic heterocycles. The van der Waals surface area contributed by atoms with Crippen LogP contribution in [0.5, 0.6) is 0 Å². The molecule has 0 fully saturated rings. The second-order valence-electron chi connectivity index (χ2n) is 3.58. The van der Waals surface area contributed by atoms with Crippen LogP contribution in [0.4, 0.5) is 4.39 Å². The van der Waals surface area contributed by atoms with Crippen molar-refractivity contribution < 1.29 is 18.7 Å². The number of benzene rings is 1. The first-order valence-electron chi connectivity index (χ1n) is 5.54. The van der Waals surface area contributed by atoms with E-state index in [9.17, 15) is 14.0 Å². The van der Waals surface area contributed by atoms with Crippen molar-refractivity contribution in [2.75, 3.05) is 12.9 Å². The Balaban J connectivity index is 2.67. The highest BCUT2D eigenvalue weighted by Crippen LogP contribution is 2.10. The minimum atomic E-state index is -0.587. The molecule has 1 rings (SSSR count). The van der Waals surface area contributed by atoms with Crippen molar-refractivity contribution in [1.29, 1.82) is 0 Å². The van der Waals surface area contributed by atoms with Gasteiger partial charge in [-0.15, -0.1) is 0 Å². The summed E-state index contributed by atoms with van der Waals surface area (Å²) < 4.78 is 18.1. The van der Waals surface area contributed by atoms with Crippen LogP contribution in [0.3, 0.4) is 0 Å². The molecule has 3 nitrogen and oxygen atoms in total. The van der Waals surface area contributed by atoms with E-state index in [1.807, 2.05) is 0 Å². The van der Waals surface area contributed by atoms with Gasteiger partial charge in [0, 0.05) is 19.1 Å². The summed E-state index contributed by atoms with van der Waals surface area (Å²) in [6, 6.07) is 4.00. The molecule has 1 aromatic rings. The predicted octanol–water partition coefficient (Wildman–Crippen LogP) is 2.63. The molecular weight excluding hydrogens is 267 g/mol. The highest BCUT2D eigenvalue weighted by atomic mass is 32.2. The SMILES string of the molecule is COC(=O)c1ccc(C#CCCSC(C)=O)c(F)c1. The van der Waals surface area contributed by atoms with Crippen LogP contribution in [0.2, 0.25) is 0 Å². The van der Waals surface area contributed by atoms with E-state index in [1.165, 1.54) is 37.9 Å². The molecular formula is C14H13FO3S. The standard InChI is InChI=1S/C14H13FO3S/c1-10(16)19-8-4-3-5-11-6-7-12(9-13(11)15)14(17)18-2/h6-7,9H,4,8H2,1-2H3. The molecule has 0 saturated heterocycles. The highest BCUT2D eigenvalue weighted by Gasteiger charge is 2.08. The number of esters is 1. The summed E-state index contributed by atoms with van der Waals surface area (Å²) in [6.07, 6.45) is 0.502. The molecule has 5 heteroatoms. The van der Waals surface area contributed by atoms with Crippen LogP contribution in [0.15, 0.2) is 18.2 Å². The Kier molecular flexibility index (Phi) is 6.10. The van der Waals surface area contributed by atoms with Gasteiger partial charge >= 0.3 is 5.97 Å². The molecule has 0 amide bonds. The topological polar surface area (TPSA) is 43.4 Å². The van der Waals surface area contributed by atoms with Crippen LogP contribution in [-0.2, 0) is 9.53 Å². The van der Waals surface area contributed by atoms with Crippen molar-refractivity contribution in [3.63, 3.8) is 0 Å². The number of rotatable bonds is 3. The van der Waals surface area contributed by atoms with Gasteiger partial charge in [0.2, 0.25) is 0 Å². The van der Waals surface area contributed by atoms with Crippen molar-refractivity contribution in [3.05, 3.63) is 35.1 Å². The summed E-state index contributed by atoms with van der Waals surface area (Å²) in [5.74, 6) is 4.89. The van der Waals surface area contributed by atoms with Gasteiger partial charge < -0.3 is 4.74 Å². The second-order valence-corrected chi connectivity index (χ2v) is 4.85. The second kappa shape index (κ2) is 7.59. The summed E-state index contributed by atoms with van der Waals surface area (Å²) in [6.45, 7) is 1.49. The van der Waals surface area contributed by atoms with Crippen LogP contribution in [0.1, 0.15) is 29.3 Å². The van der Waals surface area contributed by atoms with Crippen molar-refractivity contribution in [3.8, 4) is 11.8 Å². The Hall–Kier alpha value is -1.80. The van der Waals surface area contributed by atoms with Crippen molar-refractivity contribution in [2.24, 2.45) is 0 Å². The summed E-state index contributed by atoms with van der Waals surface area (Å²) in [5.41, 5.74) is 0.373. The molecule has 0 heterocycles. The van der Waals surface area contributed by atoms with Gasteiger partial charge in [-0.2, -0.15) is 0 Å². The van der Waals surface area contributed by atoms with E-state index in [1.54, 1.807) is 0 Å². The van der Waals surface area contributed by atoms with Crippen LogP contribution in [0.25, 0.3) is 0 Å². The zero-order valence-corrected chi connectivity index (χ0v) is 11.5. The quantitative estimate of drug-likeness (QED) is 0.485. The van der Waals surface area contributed by atoms with Crippen LogP contribution in [0, 0.1) is 17.7 Å². The van der Waals surface area contributed by atoms with E-state index in [0.717, 1.165) is 6.07 Å². The lowest BCUT2D eigenvalue weighted by atomic mass is 10.1. The molecule has 0 radical (unpaired) electrons. The molecule has 0 aliphatic carbocycles. The van der Waals surface area contributed by atoms with Crippen molar-refractivity contribution in [2.45, 2.75) is 13.3 Å². The Labute approximate surface area is 115 Å². The fourth-order valence-corrected chi connectivity index (χ4v) is 1.76. The molecule has 1 aromatic carbocycles. The molecule has 100 valence electrons. The first-order valence-corrected chi connectivity index (χ1v) is 6.53. The number of thioether (sulfide) groups is 1. The molecule has 0 aliphatic rings. The molecule has 0 N–H and O–H groups in total. The van der Waals surface area contributed by atoms with Gasteiger partial charge in [0.1, 0.15) is 5.82 Å². The maximum Gasteiger partial charge on any atom is 0.337 e. The molecule has 0 spiro atoms. The Bertz CT molecular complexity index is 543. The third-order valence-corrected chi connectivity index (χ3v) is 2.96. The average molecular weight is 280 g/mol. The third-order valence-electron chi connectivity index (χ3n) is 2.15. The van der Waals surface area contributed by atoms with Crippen molar-refractivity contribution >= 4 is 22.8 Å². The Morgan fingerprint density at radius 3 is 2.74 bits per heavy atom. The summed E-state index contributed by atoms with van der Waals surface area (Å²) in [4.78, 5) is 21.9. The molecule has 0 bridgehead atoms. The average Bonchev–Trinajstić information content (AvgIpc) is 2.38. The first-order chi connectivity index (χ1) is 9.04. The van der Waals surface area contributed by atoms with Crippen molar-refractivity contribution in [1.82, 2.24) is 0 Å². The van der Waals surface area contributed by atoms with Gasteiger partial charge in [-0.05, 0) is 18.2 Å². The van der Waals surface area contributed by atoms with Gasteiger partial charge in [0.15, 0.2) is 5.12 Å². The Morgan fingerprint density at radius 1 is 1.42 bits per heavy atom. The van der Waals surface area contributed by atoms with E-state index in [2.05, 4.69) is 16.6 Å². The number of carbonyl (C=O) groups is 2. The number of ether oxygens (including phenoxy) is 1. The lowest BCUT2D eigenvalue weighted by Gasteiger charge is -2.00. The van der Waals surface area contributed by atoms with Crippen LogP contribution >= 0.6 is 11.8 Å². The molecule has 0 aromatic heterocycles. The maximum absolute atomic E-state index is 13.6. The van der Waals surface area contributed by atoms with E-state index >= 15 is 0 Å². The molecule has 0 saturated carbocycles. The van der Waals surface area contributed by atoms with E-state index in [0.29, 0.717) is 12.2 Å². The summed E-state index contributed by atoms with van der Waals surface area (Å²) >= 11 is 1.18. The Morgan fingerprint density at radius 2 is 2.16 bits per heavy atom. The summed E-state index contributed by atoms with van der Waals surface area (Å²) in [5, 5.41) is 0.0374. The highest BCUT2D eigenvalue weighted by molar-refractivity contribution is 8.13. The fraction of sp³-hybridized carbons (Fsp3) is 0.286. The number of halogens is 1. The smallest absolute Gasteiger partial charge is 0.337 e. The van der Waals surface area contributed by atoms with Crippen LogP contribution < -0.4 is 0 Å². The van der Waals surface area contributed by atoms with Gasteiger partial charge in [-0.25, -0.2) is 9.18 Å². The van der Waals surface area contributed by atoms with E-state index < -0.39 is 11.8 Å². The lowest BCUT2D eigenvalue weighted by Crippen LogP contribution is -2.02. The third kappa shape index (κ3) is 5.14. The number of methoxy groups -OCH3 is 1. The molecule has 19 heavy (non-hydrogen) atoms. The van der Waals surface area contributed by atoms with Gasteiger partial charge in [0.05, 0.1) is 18.2 Å². The fourth-order valence-electron chi connectivity index (χ4n) is 1.26. The normalized spacial score (nSPS) is 9.42. The van der Waals surface area contributed by atoms with E-state index in [4.69, 9.17) is 0 Å². The first kappa shape index (κ1) is 15.3. The number of carbonyl (C=O) groups excluding carboxylic acids is 2. The number of hydrogen-bond acceptors (Lipinski definition) is 4. The summed E-state index contributed by atoms with van der Waals surface area (Å²) in [7, 11) is 1.24. The zero-order valence-electron chi connectivity index (χ0n) is 10.7. The van der Waals surface area contributed by atoms with Gasteiger partial charge in [0.25, 0.3) is 0 Å².